The lowest BCUT2D eigenvalue weighted by atomic mass is 10.1. The van der Waals surface area contributed by atoms with Gasteiger partial charge in [0.05, 0.1) is 13.2 Å². The van der Waals surface area contributed by atoms with Gasteiger partial charge in [-0.3, -0.25) is 9.89 Å². The molecule has 2 rings (SSSR count). The summed E-state index contributed by atoms with van der Waals surface area (Å²) in [5.41, 5.74) is 2.71. The molecule has 0 spiro atoms. The molecule has 0 unspecified atom stereocenters. The lowest BCUT2D eigenvalue weighted by Crippen LogP contribution is -2.39. The van der Waals surface area contributed by atoms with Crippen LogP contribution in [-0.4, -0.2) is 75.3 Å². The van der Waals surface area contributed by atoms with Crippen LogP contribution in [0, 0.1) is 0 Å². The first kappa shape index (κ1) is 21.7. The maximum Gasteiger partial charge on any atom is 0.191 e. The summed E-state index contributed by atoms with van der Waals surface area (Å²) in [6, 6.07) is 8.67. The number of rotatable bonds is 10. The van der Waals surface area contributed by atoms with Gasteiger partial charge in [-0.05, 0) is 37.2 Å². The van der Waals surface area contributed by atoms with Gasteiger partial charge in [0, 0.05) is 39.8 Å². The van der Waals surface area contributed by atoms with Gasteiger partial charge < -0.3 is 20.3 Å². The second-order valence-corrected chi connectivity index (χ2v) is 6.89. The van der Waals surface area contributed by atoms with E-state index in [0.29, 0.717) is 0 Å². The van der Waals surface area contributed by atoms with Crippen molar-refractivity contribution in [2.24, 2.45) is 4.99 Å². The first-order valence-corrected chi connectivity index (χ1v) is 10.3. The van der Waals surface area contributed by atoms with Gasteiger partial charge in [-0.25, -0.2) is 0 Å². The molecule has 2 N–H and O–H groups in total. The Morgan fingerprint density at radius 2 is 1.81 bits per heavy atom. The van der Waals surface area contributed by atoms with E-state index in [4.69, 9.17) is 4.74 Å². The molecule has 1 aliphatic rings. The molecule has 6 nitrogen and oxygen atoms in total. The van der Waals surface area contributed by atoms with Crippen LogP contribution >= 0.6 is 0 Å². The van der Waals surface area contributed by atoms with Gasteiger partial charge in [-0.1, -0.05) is 38.1 Å². The Kier molecular flexibility index (Phi) is 10.2. The summed E-state index contributed by atoms with van der Waals surface area (Å²) in [7, 11) is 1.83. The number of hydrogen-bond acceptors (Lipinski definition) is 4. The molecule has 1 aromatic carbocycles. The van der Waals surface area contributed by atoms with Crippen LogP contribution in [0.25, 0.3) is 0 Å². The topological polar surface area (TPSA) is 52.1 Å². The van der Waals surface area contributed by atoms with Crippen molar-refractivity contribution in [2.75, 3.05) is 59.5 Å². The minimum absolute atomic E-state index is 0.788. The van der Waals surface area contributed by atoms with Gasteiger partial charge >= 0.3 is 0 Å². The number of guanidine groups is 1. The van der Waals surface area contributed by atoms with Crippen molar-refractivity contribution < 1.29 is 4.74 Å². The number of hydrogen-bond donors (Lipinski definition) is 2. The monoisotopic (exact) mass is 375 g/mol. The minimum Gasteiger partial charge on any atom is -0.379 e. The molecule has 0 amide bonds. The van der Waals surface area contributed by atoms with E-state index in [1.54, 1.807) is 0 Å². The van der Waals surface area contributed by atoms with E-state index in [-0.39, 0.29) is 0 Å². The molecule has 0 bridgehead atoms. The van der Waals surface area contributed by atoms with Crippen LogP contribution in [0.1, 0.15) is 31.4 Å². The summed E-state index contributed by atoms with van der Waals surface area (Å²) in [5.74, 6) is 0.871. The Bertz CT molecular complexity index is 553. The van der Waals surface area contributed by atoms with Gasteiger partial charge in [0.15, 0.2) is 5.96 Å². The Hall–Kier alpha value is -1.63. The second kappa shape index (κ2) is 12.7. The van der Waals surface area contributed by atoms with Crippen LogP contribution in [0.15, 0.2) is 29.3 Å². The standard InChI is InChI=1S/C21H37N5O/c1-4-25(5-2)12-8-11-23-21(22-3)24-17-19-9-6-7-10-20(19)18-26-13-15-27-16-14-26/h6-7,9-10H,4-5,8,11-18H2,1-3H3,(H2,22,23,24). The summed E-state index contributed by atoms with van der Waals surface area (Å²) >= 11 is 0. The average Bonchev–Trinajstić information content (AvgIpc) is 2.72. The molecule has 1 aromatic rings. The van der Waals surface area contributed by atoms with Crippen LogP contribution in [-0.2, 0) is 17.8 Å². The van der Waals surface area contributed by atoms with Gasteiger partial charge in [0.2, 0.25) is 0 Å². The quantitative estimate of drug-likeness (QED) is 0.372. The van der Waals surface area contributed by atoms with Crippen molar-refractivity contribution in [3.63, 3.8) is 0 Å². The fourth-order valence-electron chi connectivity index (χ4n) is 3.33. The average molecular weight is 376 g/mol. The maximum absolute atomic E-state index is 5.46. The summed E-state index contributed by atoms with van der Waals surface area (Å²) < 4.78 is 5.46. The predicted octanol–water partition coefficient (Wildman–Crippen LogP) is 1.92. The second-order valence-electron chi connectivity index (χ2n) is 6.89. The molecular formula is C21H37N5O. The Morgan fingerprint density at radius 1 is 1.11 bits per heavy atom. The molecule has 0 radical (unpaired) electrons. The molecule has 27 heavy (non-hydrogen) atoms. The number of ether oxygens (including phenoxy) is 1. The highest BCUT2D eigenvalue weighted by molar-refractivity contribution is 5.79. The third-order valence-electron chi connectivity index (χ3n) is 5.12. The van der Waals surface area contributed by atoms with E-state index in [9.17, 15) is 0 Å². The maximum atomic E-state index is 5.46. The number of benzene rings is 1. The third-order valence-corrected chi connectivity index (χ3v) is 5.12. The molecule has 0 aromatic heterocycles. The van der Waals surface area contributed by atoms with Crippen LogP contribution in [0.3, 0.4) is 0 Å². The van der Waals surface area contributed by atoms with Crippen LogP contribution in [0.2, 0.25) is 0 Å². The lowest BCUT2D eigenvalue weighted by Gasteiger charge is -2.27. The molecule has 1 aliphatic heterocycles. The van der Waals surface area contributed by atoms with Crippen LogP contribution in [0.4, 0.5) is 0 Å². The summed E-state index contributed by atoms with van der Waals surface area (Å²) in [4.78, 5) is 9.26. The van der Waals surface area contributed by atoms with E-state index in [1.165, 1.54) is 11.1 Å². The number of nitrogens with zero attached hydrogens (tertiary/aromatic N) is 3. The van der Waals surface area contributed by atoms with Crippen LogP contribution < -0.4 is 10.6 Å². The fourth-order valence-corrected chi connectivity index (χ4v) is 3.33. The normalized spacial score (nSPS) is 15.9. The van der Waals surface area contributed by atoms with E-state index in [1.807, 2.05) is 7.05 Å². The van der Waals surface area contributed by atoms with Crippen molar-refractivity contribution in [2.45, 2.75) is 33.4 Å². The Balaban J connectivity index is 1.78. The van der Waals surface area contributed by atoms with Crippen LogP contribution in [0.5, 0.6) is 0 Å². The van der Waals surface area contributed by atoms with E-state index >= 15 is 0 Å². The van der Waals surface area contributed by atoms with Crippen molar-refractivity contribution in [1.82, 2.24) is 20.4 Å². The lowest BCUT2D eigenvalue weighted by molar-refractivity contribution is 0.0341. The molecule has 1 heterocycles. The van der Waals surface area contributed by atoms with Crippen molar-refractivity contribution in [3.8, 4) is 0 Å². The largest absolute Gasteiger partial charge is 0.379 e. The number of morpholine rings is 1. The molecule has 1 saturated heterocycles. The van der Waals surface area contributed by atoms with Gasteiger partial charge in [-0.2, -0.15) is 0 Å². The van der Waals surface area contributed by atoms with Gasteiger partial charge in [-0.15, -0.1) is 0 Å². The molecule has 0 saturated carbocycles. The Labute approximate surface area is 165 Å². The number of nitrogens with one attached hydrogen (secondary N) is 2. The molecule has 0 atom stereocenters. The molecule has 0 aliphatic carbocycles. The highest BCUT2D eigenvalue weighted by Gasteiger charge is 2.12. The zero-order valence-electron chi connectivity index (χ0n) is 17.3. The van der Waals surface area contributed by atoms with Gasteiger partial charge in [0.1, 0.15) is 0 Å². The van der Waals surface area contributed by atoms with Gasteiger partial charge in [0.25, 0.3) is 0 Å². The highest BCUT2D eigenvalue weighted by Crippen LogP contribution is 2.13. The first-order valence-electron chi connectivity index (χ1n) is 10.3. The van der Waals surface area contributed by atoms with Crippen molar-refractivity contribution in [3.05, 3.63) is 35.4 Å². The smallest absolute Gasteiger partial charge is 0.191 e. The third kappa shape index (κ3) is 7.87. The van der Waals surface area contributed by atoms with E-state index in [0.717, 1.165) is 78.0 Å². The highest BCUT2D eigenvalue weighted by atomic mass is 16.5. The summed E-state index contributed by atoms with van der Waals surface area (Å²) in [5, 5.41) is 6.89. The zero-order chi connectivity index (χ0) is 19.3. The summed E-state index contributed by atoms with van der Waals surface area (Å²) in [6.45, 7) is 14.2. The SMILES string of the molecule is CCN(CC)CCCNC(=NC)NCc1ccccc1CN1CCOCC1. The van der Waals surface area contributed by atoms with E-state index < -0.39 is 0 Å². The predicted molar refractivity (Wildman–Crippen MR) is 113 cm³/mol. The van der Waals surface area contributed by atoms with Crippen molar-refractivity contribution in [1.29, 1.82) is 0 Å². The fraction of sp³-hybridized carbons (Fsp3) is 0.667. The minimum atomic E-state index is 0.788. The first-order chi connectivity index (χ1) is 13.3. The number of aliphatic imine (C=N–C) groups is 1. The molecular weight excluding hydrogens is 338 g/mol. The van der Waals surface area contributed by atoms with Crippen molar-refractivity contribution >= 4 is 5.96 Å². The molecule has 6 heteroatoms. The Morgan fingerprint density at radius 3 is 2.48 bits per heavy atom. The summed E-state index contributed by atoms with van der Waals surface area (Å²) in [6.07, 6.45) is 1.12. The zero-order valence-corrected chi connectivity index (χ0v) is 17.3. The van der Waals surface area contributed by atoms with E-state index in [2.05, 4.69) is 63.5 Å². The molecule has 152 valence electrons. The molecule has 1 fully saturated rings.